The van der Waals surface area contributed by atoms with Crippen LogP contribution in [0.25, 0.3) is 0 Å². The van der Waals surface area contributed by atoms with Crippen molar-refractivity contribution in [2.75, 3.05) is 24.4 Å². The van der Waals surface area contributed by atoms with Crippen molar-refractivity contribution in [1.29, 1.82) is 0 Å². The number of nitrogens with one attached hydrogen (secondary N) is 1. The van der Waals surface area contributed by atoms with Crippen LogP contribution in [0.5, 0.6) is 0 Å². The highest BCUT2D eigenvalue weighted by atomic mass is 35.5. The van der Waals surface area contributed by atoms with E-state index in [1.807, 2.05) is 37.3 Å². The molecule has 0 saturated carbocycles. The van der Waals surface area contributed by atoms with Crippen molar-refractivity contribution >= 4 is 50.7 Å². The van der Waals surface area contributed by atoms with E-state index in [2.05, 4.69) is 5.32 Å². The van der Waals surface area contributed by atoms with E-state index >= 15 is 0 Å². The number of aryl methyl sites for hydroxylation is 1. The third-order valence-electron chi connectivity index (χ3n) is 6.14. The Morgan fingerprint density at radius 3 is 2.11 bits per heavy atom. The Balaban J connectivity index is 2.03. The van der Waals surface area contributed by atoms with Crippen molar-refractivity contribution in [1.82, 2.24) is 10.2 Å². The Morgan fingerprint density at radius 1 is 0.947 bits per heavy atom. The van der Waals surface area contributed by atoms with Gasteiger partial charge in [-0.15, -0.1) is 0 Å². The number of hydrogen-bond acceptors (Lipinski definition) is 4. The van der Waals surface area contributed by atoms with Crippen LogP contribution in [0.4, 0.5) is 5.69 Å². The molecule has 0 bridgehead atoms. The third-order valence-corrected chi connectivity index (χ3v) is 8.36. The fourth-order valence-electron chi connectivity index (χ4n) is 4.11. The number of carbonyl (C=O) groups excluding carboxylic acids is 2. The fraction of sp³-hybridized carbons (Fsp3) is 0.286. The fourth-order valence-corrected chi connectivity index (χ4v) is 6.02. The van der Waals surface area contributed by atoms with Gasteiger partial charge in [0.25, 0.3) is 10.0 Å². The number of benzene rings is 3. The van der Waals surface area contributed by atoms with Gasteiger partial charge in [-0.05, 0) is 55.7 Å². The lowest BCUT2D eigenvalue weighted by Crippen LogP contribution is -2.52. The van der Waals surface area contributed by atoms with E-state index in [-0.39, 0.29) is 33.1 Å². The first-order valence-electron chi connectivity index (χ1n) is 12.2. The summed E-state index contributed by atoms with van der Waals surface area (Å²) in [6.45, 7) is 3.33. The second-order valence-corrected chi connectivity index (χ2v) is 11.5. The maximum atomic E-state index is 13.8. The van der Waals surface area contributed by atoms with Crippen LogP contribution in [0.15, 0.2) is 77.7 Å². The molecule has 1 atom stereocenters. The van der Waals surface area contributed by atoms with Gasteiger partial charge in [-0.1, -0.05) is 78.2 Å². The van der Waals surface area contributed by atoms with Crippen LogP contribution in [0.1, 0.15) is 24.5 Å². The Labute approximate surface area is 234 Å². The molecule has 10 heteroatoms. The molecule has 0 aliphatic rings. The van der Waals surface area contributed by atoms with Crippen molar-refractivity contribution in [2.24, 2.45) is 0 Å². The summed E-state index contributed by atoms with van der Waals surface area (Å²) in [5, 5.41) is 3.06. The van der Waals surface area contributed by atoms with Gasteiger partial charge in [0, 0.05) is 23.6 Å². The summed E-state index contributed by atoms with van der Waals surface area (Å²) < 4.78 is 28.6. The Hall–Kier alpha value is -3.07. The molecule has 0 radical (unpaired) electrons. The summed E-state index contributed by atoms with van der Waals surface area (Å²) in [7, 11) is -2.68. The molecule has 0 saturated heterocycles. The number of anilines is 1. The van der Waals surface area contributed by atoms with Crippen LogP contribution in [0.3, 0.4) is 0 Å². The molecule has 0 aromatic heterocycles. The van der Waals surface area contributed by atoms with Gasteiger partial charge in [0.05, 0.1) is 10.6 Å². The zero-order valence-electron chi connectivity index (χ0n) is 21.5. The van der Waals surface area contributed by atoms with E-state index < -0.39 is 28.5 Å². The SMILES string of the molecule is CC[C@H](C(=O)NC)N(CCc1ccccc1)C(=O)CN(c1cc(Cl)cc(Cl)c1)S(=O)(=O)c1ccc(C)cc1. The van der Waals surface area contributed by atoms with E-state index in [4.69, 9.17) is 23.2 Å². The zero-order valence-corrected chi connectivity index (χ0v) is 23.9. The molecule has 1 N–H and O–H groups in total. The minimum absolute atomic E-state index is 0.0150. The lowest BCUT2D eigenvalue weighted by Gasteiger charge is -2.33. The largest absolute Gasteiger partial charge is 0.357 e. The summed E-state index contributed by atoms with van der Waals surface area (Å²) in [6.07, 6.45) is 0.849. The maximum absolute atomic E-state index is 13.8. The number of sulfonamides is 1. The topological polar surface area (TPSA) is 86.8 Å². The molecule has 0 fully saturated rings. The average molecular weight is 577 g/mol. The highest BCUT2D eigenvalue weighted by molar-refractivity contribution is 7.92. The number of halogens is 2. The number of likely N-dealkylation sites (N-methyl/N-ethyl adjacent to an activating group) is 1. The number of amides is 2. The van der Waals surface area contributed by atoms with Crippen LogP contribution in [-0.4, -0.2) is 51.3 Å². The molecule has 3 aromatic carbocycles. The van der Waals surface area contributed by atoms with Crippen LogP contribution >= 0.6 is 23.2 Å². The third kappa shape index (κ3) is 7.28. The molecule has 38 heavy (non-hydrogen) atoms. The molecule has 3 rings (SSSR count). The first kappa shape index (κ1) is 29.5. The van der Waals surface area contributed by atoms with Gasteiger partial charge < -0.3 is 10.2 Å². The van der Waals surface area contributed by atoms with Crippen LogP contribution in [0, 0.1) is 6.92 Å². The molecular weight excluding hydrogens is 545 g/mol. The zero-order chi connectivity index (χ0) is 27.9. The number of carbonyl (C=O) groups is 2. The van der Waals surface area contributed by atoms with E-state index in [9.17, 15) is 18.0 Å². The van der Waals surface area contributed by atoms with Gasteiger partial charge in [-0.3, -0.25) is 13.9 Å². The van der Waals surface area contributed by atoms with Crippen molar-refractivity contribution in [3.63, 3.8) is 0 Å². The number of hydrogen-bond donors (Lipinski definition) is 1. The summed E-state index contributed by atoms with van der Waals surface area (Å²) in [4.78, 5) is 28.0. The Kier molecular flexibility index (Phi) is 10.2. The normalized spacial score (nSPS) is 12.0. The van der Waals surface area contributed by atoms with Crippen LogP contribution in [-0.2, 0) is 26.0 Å². The molecule has 3 aromatic rings. The predicted molar refractivity (Wildman–Crippen MR) is 152 cm³/mol. The van der Waals surface area contributed by atoms with Crippen molar-refractivity contribution in [3.8, 4) is 0 Å². The van der Waals surface area contributed by atoms with Crippen molar-refractivity contribution in [2.45, 2.75) is 37.6 Å². The molecule has 202 valence electrons. The molecule has 0 heterocycles. The Morgan fingerprint density at radius 2 is 1.55 bits per heavy atom. The van der Waals surface area contributed by atoms with Gasteiger partial charge in [-0.25, -0.2) is 8.42 Å². The summed E-state index contributed by atoms with van der Waals surface area (Å²) in [6, 6.07) is 19.5. The summed E-state index contributed by atoms with van der Waals surface area (Å²) in [5.74, 6) is -0.851. The molecule has 0 unspecified atom stereocenters. The Bertz CT molecular complexity index is 1350. The second-order valence-electron chi connectivity index (χ2n) is 8.81. The smallest absolute Gasteiger partial charge is 0.264 e. The molecule has 2 amide bonds. The quantitative estimate of drug-likeness (QED) is 0.345. The first-order chi connectivity index (χ1) is 18.1. The van der Waals surface area contributed by atoms with Crippen molar-refractivity contribution < 1.29 is 18.0 Å². The van der Waals surface area contributed by atoms with Crippen LogP contribution in [0.2, 0.25) is 10.0 Å². The van der Waals surface area contributed by atoms with Gasteiger partial charge in [0.2, 0.25) is 11.8 Å². The summed E-state index contributed by atoms with van der Waals surface area (Å²) >= 11 is 12.4. The van der Waals surface area contributed by atoms with E-state index in [1.165, 1.54) is 42.3 Å². The lowest BCUT2D eigenvalue weighted by molar-refractivity contribution is -0.139. The van der Waals surface area contributed by atoms with Gasteiger partial charge >= 0.3 is 0 Å². The highest BCUT2D eigenvalue weighted by Gasteiger charge is 2.33. The van der Waals surface area contributed by atoms with Crippen LogP contribution < -0.4 is 9.62 Å². The lowest BCUT2D eigenvalue weighted by atomic mass is 10.1. The summed E-state index contributed by atoms with van der Waals surface area (Å²) in [5.41, 5.74) is 2.02. The van der Waals surface area contributed by atoms with E-state index in [0.717, 1.165) is 15.4 Å². The average Bonchev–Trinajstić information content (AvgIpc) is 2.89. The maximum Gasteiger partial charge on any atom is 0.264 e. The molecular formula is C28H31Cl2N3O4S. The monoisotopic (exact) mass is 575 g/mol. The minimum Gasteiger partial charge on any atom is -0.357 e. The van der Waals surface area contributed by atoms with Gasteiger partial charge in [-0.2, -0.15) is 0 Å². The first-order valence-corrected chi connectivity index (χ1v) is 14.4. The molecule has 0 aliphatic carbocycles. The molecule has 0 aliphatic heterocycles. The van der Waals surface area contributed by atoms with Crippen molar-refractivity contribution in [3.05, 3.63) is 94.0 Å². The number of nitrogens with zero attached hydrogens (tertiary/aromatic N) is 2. The highest BCUT2D eigenvalue weighted by Crippen LogP contribution is 2.30. The van der Waals surface area contributed by atoms with E-state index in [1.54, 1.807) is 19.1 Å². The number of rotatable bonds is 11. The predicted octanol–water partition coefficient (Wildman–Crippen LogP) is 5.09. The molecule has 7 nitrogen and oxygen atoms in total. The standard InChI is InChI=1S/C28H31Cl2N3O4S/c1-4-26(28(35)31-3)32(15-14-21-8-6-5-7-9-21)27(34)19-33(24-17-22(29)16-23(30)18-24)38(36,37)25-12-10-20(2)11-13-25/h5-13,16-18,26H,4,14-15,19H2,1-3H3,(H,31,35)/t26-/m1/s1. The van der Waals surface area contributed by atoms with E-state index in [0.29, 0.717) is 12.8 Å². The van der Waals surface area contributed by atoms with Gasteiger partial charge in [0.1, 0.15) is 12.6 Å². The second kappa shape index (κ2) is 13.1. The molecule has 0 spiro atoms. The minimum atomic E-state index is -4.19. The van der Waals surface area contributed by atoms with Gasteiger partial charge in [0.15, 0.2) is 0 Å².